The van der Waals surface area contributed by atoms with Crippen LogP contribution in [0.25, 0.3) is 0 Å². The fourth-order valence-corrected chi connectivity index (χ4v) is 4.12. The number of halogens is 1. The van der Waals surface area contributed by atoms with Gasteiger partial charge in [0.2, 0.25) is 5.91 Å². The Morgan fingerprint density at radius 3 is 2.50 bits per heavy atom. The number of nitrogens with zero attached hydrogens (tertiary/aromatic N) is 1. The van der Waals surface area contributed by atoms with Gasteiger partial charge in [0.1, 0.15) is 6.04 Å². The smallest absolute Gasteiger partial charge is 0.242 e. The molecule has 1 aromatic rings. The molecule has 1 aliphatic heterocycles. The first-order chi connectivity index (χ1) is 10.6. The lowest BCUT2D eigenvalue weighted by molar-refractivity contribution is -0.134. The number of nitrogens with one attached hydrogen (secondary N) is 2. The third-order valence-corrected chi connectivity index (χ3v) is 5.62. The molecule has 3 unspecified atom stereocenters. The van der Waals surface area contributed by atoms with E-state index in [4.69, 9.17) is 0 Å². The topological polar surface area (TPSA) is 44.4 Å². The van der Waals surface area contributed by atoms with Crippen molar-refractivity contribution in [2.24, 2.45) is 5.92 Å². The average Bonchev–Trinajstić information content (AvgIpc) is 3.27. The molecule has 4 nitrogen and oxygen atoms in total. The number of hydrogen-bond acceptors (Lipinski definition) is 3. The van der Waals surface area contributed by atoms with Gasteiger partial charge in [-0.2, -0.15) is 0 Å². The van der Waals surface area contributed by atoms with Gasteiger partial charge in [-0.1, -0.05) is 60.1 Å². The summed E-state index contributed by atoms with van der Waals surface area (Å²) in [6.45, 7) is 5.04. The number of benzene rings is 1. The number of amides is 1. The zero-order chi connectivity index (χ0) is 15.7. The SMILES string of the molecule is CC(C)C1NNC(C(=O)N(Cc2ccccc2)C2CC2)C1Br. The molecule has 1 aromatic carbocycles. The first-order valence-electron chi connectivity index (χ1n) is 8.07. The molecular weight excluding hydrogens is 342 g/mol. The van der Waals surface area contributed by atoms with Gasteiger partial charge in [0.15, 0.2) is 0 Å². The lowest BCUT2D eigenvalue weighted by Crippen LogP contribution is -2.48. The Balaban J connectivity index is 1.71. The van der Waals surface area contributed by atoms with Crippen LogP contribution in [-0.2, 0) is 11.3 Å². The highest BCUT2D eigenvalue weighted by Crippen LogP contribution is 2.31. The zero-order valence-electron chi connectivity index (χ0n) is 13.1. The molecule has 1 amide bonds. The van der Waals surface area contributed by atoms with Crippen LogP contribution in [0.2, 0.25) is 0 Å². The van der Waals surface area contributed by atoms with E-state index < -0.39 is 0 Å². The second kappa shape index (κ2) is 6.69. The Hall–Kier alpha value is -0.910. The normalized spacial score (nSPS) is 28.1. The monoisotopic (exact) mass is 365 g/mol. The van der Waals surface area contributed by atoms with Crippen LogP contribution in [0.4, 0.5) is 0 Å². The van der Waals surface area contributed by atoms with E-state index >= 15 is 0 Å². The van der Waals surface area contributed by atoms with Gasteiger partial charge in [-0.3, -0.25) is 10.2 Å². The number of rotatable bonds is 5. The average molecular weight is 366 g/mol. The predicted octanol–water partition coefficient (Wildman–Crippen LogP) is 2.44. The molecule has 2 fully saturated rings. The first-order valence-corrected chi connectivity index (χ1v) is 8.99. The Bertz CT molecular complexity index is 518. The molecule has 0 radical (unpaired) electrons. The number of carbonyl (C=O) groups is 1. The number of alkyl halides is 1. The number of carbonyl (C=O) groups excluding carboxylic acids is 1. The summed E-state index contributed by atoms with van der Waals surface area (Å²) in [7, 11) is 0. The third kappa shape index (κ3) is 3.36. The molecule has 22 heavy (non-hydrogen) atoms. The maximum absolute atomic E-state index is 13.0. The summed E-state index contributed by atoms with van der Waals surface area (Å²) in [6.07, 6.45) is 2.25. The molecule has 2 aliphatic rings. The van der Waals surface area contributed by atoms with Crippen LogP contribution in [-0.4, -0.2) is 33.8 Å². The summed E-state index contributed by atoms with van der Waals surface area (Å²) in [5.74, 6) is 0.669. The van der Waals surface area contributed by atoms with Gasteiger partial charge >= 0.3 is 0 Å². The standard InChI is InChI=1S/C17H24BrN3O/c1-11(2)15-14(18)16(20-19-15)17(22)21(13-8-9-13)10-12-6-4-3-5-7-12/h3-7,11,13-16,19-20H,8-10H2,1-2H3. The van der Waals surface area contributed by atoms with E-state index in [0.717, 1.165) is 12.8 Å². The van der Waals surface area contributed by atoms with Crippen molar-refractivity contribution in [2.75, 3.05) is 0 Å². The molecule has 1 saturated carbocycles. The zero-order valence-corrected chi connectivity index (χ0v) is 14.7. The Morgan fingerprint density at radius 1 is 1.27 bits per heavy atom. The third-order valence-electron chi connectivity index (χ3n) is 4.52. The van der Waals surface area contributed by atoms with Gasteiger partial charge in [-0.25, -0.2) is 5.43 Å². The van der Waals surface area contributed by atoms with Crippen LogP contribution in [0.5, 0.6) is 0 Å². The molecule has 0 aromatic heterocycles. The van der Waals surface area contributed by atoms with Gasteiger partial charge in [0.05, 0.1) is 4.83 Å². The summed E-state index contributed by atoms with van der Waals surface area (Å²) in [5.41, 5.74) is 7.66. The van der Waals surface area contributed by atoms with Crippen molar-refractivity contribution in [2.45, 2.75) is 56.2 Å². The molecule has 120 valence electrons. The summed E-state index contributed by atoms with van der Waals surface area (Å²) in [4.78, 5) is 15.2. The van der Waals surface area contributed by atoms with Crippen molar-refractivity contribution in [1.29, 1.82) is 0 Å². The second-order valence-corrected chi connectivity index (χ2v) is 7.72. The fourth-order valence-electron chi connectivity index (χ4n) is 3.02. The minimum absolute atomic E-state index is 0.122. The largest absolute Gasteiger partial charge is 0.334 e. The molecule has 2 N–H and O–H groups in total. The summed E-state index contributed by atoms with van der Waals surface area (Å²) in [5, 5.41) is 0. The highest BCUT2D eigenvalue weighted by Gasteiger charge is 2.44. The molecule has 1 aliphatic carbocycles. The van der Waals surface area contributed by atoms with Gasteiger partial charge in [-0.05, 0) is 24.3 Å². The highest BCUT2D eigenvalue weighted by molar-refractivity contribution is 9.09. The van der Waals surface area contributed by atoms with Crippen molar-refractivity contribution in [1.82, 2.24) is 15.8 Å². The van der Waals surface area contributed by atoms with Gasteiger partial charge in [0.25, 0.3) is 0 Å². The first kappa shape index (κ1) is 16.0. The van der Waals surface area contributed by atoms with Gasteiger partial charge in [0, 0.05) is 18.6 Å². The Labute approximate surface area is 140 Å². The Kier molecular flexibility index (Phi) is 4.85. The second-order valence-electron chi connectivity index (χ2n) is 6.66. The molecular formula is C17H24BrN3O. The molecule has 5 heteroatoms. The van der Waals surface area contributed by atoms with E-state index in [2.05, 4.69) is 52.8 Å². The quantitative estimate of drug-likeness (QED) is 0.787. The van der Waals surface area contributed by atoms with Crippen LogP contribution in [0, 0.1) is 5.92 Å². The van der Waals surface area contributed by atoms with Crippen molar-refractivity contribution < 1.29 is 4.79 Å². The molecule has 0 bridgehead atoms. The molecule has 0 spiro atoms. The van der Waals surface area contributed by atoms with E-state index in [-0.39, 0.29) is 22.8 Å². The number of hydrogen-bond donors (Lipinski definition) is 2. The van der Waals surface area contributed by atoms with Crippen molar-refractivity contribution >= 4 is 21.8 Å². The fraction of sp³-hybridized carbons (Fsp3) is 0.588. The minimum atomic E-state index is -0.197. The lowest BCUT2D eigenvalue weighted by Gasteiger charge is -2.27. The van der Waals surface area contributed by atoms with Crippen LogP contribution in [0.1, 0.15) is 32.3 Å². The molecule has 1 saturated heterocycles. The van der Waals surface area contributed by atoms with Crippen molar-refractivity contribution in [3.63, 3.8) is 0 Å². The molecule has 3 atom stereocenters. The maximum Gasteiger partial charge on any atom is 0.242 e. The van der Waals surface area contributed by atoms with E-state index in [1.807, 2.05) is 23.1 Å². The van der Waals surface area contributed by atoms with Crippen LogP contribution in [0.15, 0.2) is 30.3 Å². The van der Waals surface area contributed by atoms with E-state index in [0.29, 0.717) is 18.5 Å². The Morgan fingerprint density at radius 2 is 1.95 bits per heavy atom. The van der Waals surface area contributed by atoms with Crippen LogP contribution >= 0.6 is 15.9 Å². The van der Waals surface area contributed by atoms with E-state index in [1.54, 1.807) is 0 Å². The van der Waals surface area contributed by atoms with Gasteiger partial charge in [-0.15, -0.1) is 0 Å². The highest BCUT2D eigenvalue weighted by atomic mass is 79.9. The van der Waals surface area contributed by atoms with E-state index in [1.165, 1.54) is 5.56 Å². The summed E-state index contributed by atoms with van der Waals surface area (Å²) >= 11 is 3.72. The van der Waals surface area contributed by atoms with Crippen molar-refractivity contribution in [3.8, 4) is 0 Å². The van der Waals surface area contributed by atoms with Crippen LogP contribution in [0.3, 0.4) is 0 Å². The summed E-state index contributed by atoms with van der Waals surface area (Å²) in [6, 6.07) is 10.7. The van der Waals surface area contributed by atoms with E-state index in [9.17, 15) is 4.79 Å². The summed E-state index contributed by atoms with van der Waals surface area (Å²) < 4.78 is 0. The van der Waals surface area contributed by atoms with Crippen LogP contribution < -0.4 is 10.9 Å². The van der Waals surface area contributed by atoms with Crippen molar-refractivity contribution in [3.05, 3.63) is 35.9 Å². The predicted molar refractivity (Wildman–Crippen MR) is 91.4 cm³/mol. The maximum atomic E-state index is 13.0. The molecule has 3 rings (SSSR count). The van der Waals surface area contributed by atoms with Gasteiger partial charge < -0.3 is 4.90 Å². The number of hydrazine groups is 1. The molecule has 1 heterocycles. The lowest BCUT2D eigenvalue weighted by atomic mass is 9.99. The minimum Gasteiger partial charge on any atom is -0.334 e.